The summed E-state index contributed by atoms with van der Waals surface area (Å²) in [5, 5.41) is 1.10. The van der Waals surface area contributed by atoms with E-state index in [4.69, 9.17) is 28.9 Å². The van der Waals surface area contributed by atoms with Gasteiger partial charge < -0.3 is 5.73 Å². The summed E-state index contributed by atoms with van der Waals surface area (Å²) in [5.74, 6) is -0.0639. The van der Waals surface area contributed by atoms with Crippen LogP contribution in [0.1, 0.15) is 19.4 Å². The van der Waals surface area contributed by atoms with Crippen molar-refractivity contribution >= 4 is 29.0 Å². The molecule has 2 atom stereocenters. The van der Waals surface area contributed by atoms with Crippen molar-refractivity contribution in [3.63, 3.8) is 0 Å². The average Bonchev–Trinajstić information content (AvgIpc) is 2.20. The van der Waals surface area contributed by atoms with Crippen molar-refractivity contribution in [2.24, 2.45) is 11.7 Å². The molecule has 16 heavy (non-hydrogen) atoms. The standard InChI is InChI=1S/C12H15Cl2NO/c1-7(8(2)15)12(16)5-9-3-4-10(13)6-11(9)14/h3-4,6-8H,5,15H2,1-2H3. The number of nitrogens with two attached hydrogens (primary N) is 1. The second-order valence-electron chi connectivity index (χ2n) is 4.03. The van der Waals surface area contributed by atoms with Crippen LogP contribution in [0.25, 0.3) is 0 Å². The van der Waals surface area contributed by atoms with E-state index in [1.165, 1.54) is 0 Å². The Morgan fingerprint density at radius 2 is 2.00 bits per heavy atom. The van der Waals surface area contributed by atoms with E-state index in [1.54, 1.807) is 18.2 Å². The van der Waals surface area contributed by atoms with Crippen LogP contribution in [0.15, 0.2) is 18.2 Å². The Balaban J connectivity index is 2.77. The molecule has 2 N–H and O–H groups in total. The number of carbonyl (C=O) groups excluding carboxylic acids is 1. The van der Waals surface area contributed by atoms with Gasteiger partial charge in [0, 0.05) is 28.4 Å². The maximum absolute atomic E-state index is 11.8. The van der Waals surface area contributed by atoms with Gasteiger partial charge >= 0.3 is 0 Å². The van der Waals surface area contributed by atoms with E-state index in [0.717, 1.165) is 5.56 Å². The zero-order chi connectivity index (χ0) is 12.3. The van der Waals surface area contributed by atoms with Crippen molar-refractivity contribution in [3.05, 3.63) is 33.8 Å². The molecule has 0 aliphatic rings. The highest BCUT2D eigenvalue weighted by atomic mass is 35.5. The number of halogens is 2. The highest BCUT2D eigenvalue weighted by molar-refractivity contribution is 6.35. The Labute approximate surface area is 106 Å². The number of hydrogen-bond donors (Lipinski definition) is 1. The van der Waals surface area contributed by atoms with Gasteiger partial charge in [-0.25, -0.2) is 0 Å². The molecule has 0 radical (unpaired) electrons. The lowest BCUT2D eigenvalue weighted by atomic mass is 9.94. The molecular weight excluding hydrogens is 245 g/mol. The third-order valence-corrected chi connectivity index (χ3v) is 3.26. The Morgan fingerprint density at radius 3 is 2.50 bits per heavy atom. The van der Waals surface area contributed by atoms with E-state index in [2.05, 4.69) is 0 Å². The van der Waals surface area contributed by atoms with Crippen molar-refractivity contribution in [2.75, 3.05) is 0 Å². The van der Waals surface area contributed by atoms with Crippen LogP contribution < -0.4 is 5.73 Å². The Hall–Kier alpha value is -0.570. The van der Waals surface area contributed by atoms with Gasteiger partial charge in [0.15, 0.2) is 0 Å². The summed E-state index contributed by atoms with van der Waals surface area (Å²) in [6.45, 7) is 3.66. The molecule has 0 aromatic heterocycles. The summed E-state index contributed by atoms with van der Waals surface area (Å²) in [5.41, 5.74) is 6.47. The van der Waals surface area contributed by atoms with Crippen molar-refractivity contribution in [2.45, 2.75) is 26.3 Å². The number of carbonyl (C=O) groups is 1. The van der Waals surface area contributed by atoms with E-state index < -0.39 is 0 Å². The Bertz CT molecular complexity index is 391. The van der Waals surface area contributed by atoms with Gasteiger partial charge in [0.1, 0.15) is 5.78 Å². The summed E-state index contributed by atoms with van der Waals surface area (Å²) in [7, 11) is 0. The van der Waals surface area contributed by atoms with E-state index >= 15 is 0 Å². The van der Waals surface area contributed by atoms with E-state index in [0.29, 0.717) is 16.5 Å². The first-order chi connectivity index (χ1) is 7.41. The third-order valence-electron chi connectivity index (χ3n) is 2.68. The average molecular weight is 260 g/mol. The molecular formula is C12H15Cl2NO. The molecule has 0 heterocycles. The molecule has 1 rings (SSSR count). The number of benzene rings is 1. The molecule has 0 aliphatic heterocycles. The number of rotatable bonds is 4. The van der Waals surface area contributed by atoms with Crippen LogP contribution in [-0.2, 0) is 11.2 Å². The molecule has 1 aromatic carbocycles. The lowest BCUT2D eigenvalue weighted by molar-refractivity contribution is -0.122. The monoisotopic (exact) mass is 259 g/mol. The quantitative estimate of drug-likeness (QED) is 0.903. The van der Waals surface area contributed by atoms with E-state index in [9.17, 15) is 4.79 Å². The maximum atomic E-state index is 11.8. The first-order valence-electron chi connectivity index (χ1n) is 5.14. The summed E-state index contributed by atoms with van der Waals surface area (Å²) in [4.78, 5) is 11.8. The van der Waals surface area contributed by atoms with Gasteiger partial charge in [0.2, 0.25) is 0 Å². The Morgan fingerprint density at radius 1 is 1.38 bits per heavy atom. The maximum Gasteiger partial charge on any atom is 0.141 e. The van der Waals surface area contributed by atoms with Gasteiger partial charge in [-0.2, -0.15) is 0 Å². The predicted octanol–water partition coefficient (Wildman–Crippen LogP) is 3.09. The fraction of sp³-hybridized carbons (Fsp3) is 0.417. The van der Waals surface area contributed by atoms with Crippen LogP contribution in [-0.4, -0.2) is 11.8 Å². The number of Topliss-reactive ketones (excluding diaryl/α,β-unsaturated/α-hetero) is 1. The fourth-order valence-electron chi connectivity index (χ4n) is 1.31. The number of ketones is 1. The molecule has 4 heteroatoms. The fourth-order valence-corrected chi connectivity index (χ4v) is 1.78. The van der Waals surface area contributed by atoms with Crippen molar-refractivity contribution in [1.82, 2.24) is 0 Å². The highest BCUT2D eigenvalue weighted by Gasteiger charge is 2.18. The van der Waals surface area contributed by atoms with E-state index in [-0.39, 0.29) is 17.7 Å². The molecule has 2 unspecified atom stereocenters. The molecule has 0 spiro atoms. The Kier molecular flexibility index (Phi) is 4.78. The SMILES string of the molecule is CC(N)C(C)C(=O)Cc1ccc(Cl)cc1Cl. The first kappa shape index (κ1) is 13.5. The van der Waals surface area contributed by atoms with Crippen LogP contribution in [0.3, 0.4) is 0 Å². The zero-order valence-electron chi connectivity index (χ0n) is 9.34. The molecule has 2 nitrogen and oxygen atoms in total. The molecule has 88 valence electrons. The normalized spacial score (nSPS) is 14.6. The topological polar surface area (TPSA) is 43.1 Å². The second kappa shape index (κ2) is 5.67. The minimum absolute atomic E-state index is 0.0965. The van der Waals surface area contributed by atoms with Crippen molar-refractivity contribution < 1.29 is 4.79 Å². The minimum atomic E-state index is -0.160. The summed E-state index contributed by atoms with van der Waals surface area (Å²) in [6.07, 6.45) is 0.304. The van der Waals surface area contributed by atoms with Crippen LogP contribution in [0.5, 0.6) is 0 Å². The minimum Gasteiger partial charge on any atom is -0.327 e. The first-order valence-corrected chi connectivity index (χ1v) is 5.89. The molecule has 0 bridgehead atoms. The van der Waals surface area contributed by atoms with Gasteiger partial charge in [-0.15, -0.1) is 0 Å². The molecule has 0 fully saturated rings. The molecule has 0 saturated heterocycles. The van der Waals surface area contributed by atoms with Gasteiger partial charge in [-0.1, -0.05) is 36.2 Å². The third kappa shape index (κ3) is 3.48. The second-order valence-corrected chi connectivity index (χ2v) is 4.87. The van der Waals surface area contributed by atoms with Crippen LogP contribution in [0.2, 0.25) is 10.0 Å². The molecule has 0 saturated carbocycles. The molecule has 0 amide bonds. The lowest BCUT2D eigenvalue weighted by Gasteiger charge is -2.14. The summed E-state index contributed by atoms with van der Waals surface area (Å²) in [6, 6.07) is 5.00. The van der Waals surface area contributed by atoms with Crippen molar-refractivity contribution in [3.8, 4) is 0 Å². The zero-order valence-corrected chi connectivity index (χ0v) is 10.8. The van der Waals surface area contributed by atoms with Gasteiger partial charge in [-0.3, -0.25) is 4.79 Å². The summed E-state index contributed by atoms with van der Waals surface area (Å²) >= 11 is 11.8. The molecule has 1 aromatic rings. The predicted molar refractivity (Wildman–Crippen MR) is 68.0 cm³/mol. The lowest BCUT2D eigenvalue weighted by Crippen LogP contribution is -2.31. The van der Waals surface area contributed by atoms with Crippen LogP contribution in [0, 0.1) is 5.92 Å². The smallest absolute Gasteiger partial charge is 0.141 e. The van der Waals surface area contributed by atoms with Gasteiger partial charge in [0.05, 0.1) is 0 Å². The highest BCUT2D eigenvalue weighted by Crippen LogP contribution is 2.22. The van der Waals surface area contributed by atoms with Gasteiger partial charge in [-0.05, 0) is 24.6 Å². The van der Waals surface area contributed by atoms with E-state index in [1.807, 2.05) is 13.8 Å². The molecule has 0 aliphatic carbocycles. The largest absolute Gasteiger partial charge is 0.327 e. The van der Waals surface area contributed by atoms with Crippen LogP contribution in [0.4, 0.5) is 0 Å². The van der Waals surface area contributed by atoms with Gasteiger partial charge in [0.25, 0.3) is 0 Å². The number of hydrogen-bond acceptors (Lipinski definition) is 2. The summed E-state index contributed by atoms with van der Waals surface area (Å²) < 4.78 is 0. The van der Waals surface area contributed by atoms with Crippen LogP contribution >= 0.6 is 23.2 Å². The van der Waals surface area contributed by atoms with Crippen molar-refractivity contribution in [1.29, 1.82) is 0 Å².